The molecule has 2 N–H and O–H groups in total. The zero-order valence-corrected chi connectivity index (χ0v) is 27.2. The summed E-state index contributed by atoms with van der Waals surface area (Å²) >= 11 is 0. The molecule has 0 bridgehead atoms. The highest BCUT2D eigenvalue weighted by Crippen LogP contribution is 2.38. The van der Waals surface area contributed by atoms with E-state index in [0.29, 0.717) is 53.1 Å². The summed E-state index contributed by atoms with van der Waals surface area (Å²) in [6.07, 6.45) is 5.27. The predicted octanol–water partition coefficient (Wildman–Crippen LogP) is 4.54. The fourth-order valence-corrected chi connectivity index (χ4v) is 7.32. The first kappa shape index (κ1) is 30.2. The van der Waals surface area contributed by atoms with Gasteiger partial charge in [0.15, 0.2) is 5.82 Å². The van der Waals surface area contributed by atoms with Crippen molar-refractivity contribution in [1.82, 2.24) is 24.0 Å². The van der Waals surface area contributed by atoms with E-state index in [1.165, 1.54) is 10.6 Å². The molecule has 2 fully saturated rings. The number of nitrogens with zero attached hydrogens (tertiary/aromatic N) is 6. The molecular weight excluding hydrogens is 602 g/mol. The van der Waals surface area contributed by atoms with Crippen LogP contribution in [0.5, 0.6) is 5.75 Å². The molecule has 1 aliphatic heterocycles. The van der Waals surface area contributed by atoms with Crippen LogP contribution in [0.2, 0.25) is 0 Å². The summed E-state index contributed by atoms with van der Waals surface area (Å²) in [5, 5.41) is 0.892. The summed E-state index contributed by atoms with van der Waals surface area (Å²) < 4.78 is 37.3. The van der Waals surface area contributed by atoms with Gasteiger partial charge in [0.25, 0.3) is 5.91 Å². The second kappa shape index (κ2) is 11.7. The number of amides is 1. The number of anilines is 1. The van der Waals surface area contributed by atoms with E-state index >= 15 is 0 Å². The number of pyridine rings is 1. The van der Waals surface area contributed by atoms with Gasteiger partial charge in [0, 0.05) is 43.7 Å². The van der Waals surface area contributed by atoms with Crippen molar-refractivity contribution < 1.29 is 17.9 Å². The Hall–Kier alpha value is -4.42. The van der Waals surface area contributed by atoms with E-state index in [0.717, 1.165) is 54.4 Å². The van der Waals surface area contributed by atoms with Gasteiger partial charge in [-0.2, -0.15) is 0 Å². The Morgan fingerprint density at radius 3 is 2.54 bits per heavy atom. The third-order valence-electron chi connectivity index (χ3n) is 9.07. The van der Waals surface area contributed by atoms with Gasteiger partial charge >= 0.3 is 0 Å². The SMILES string of the molecule is COc1cc(C(=O)N2CCC[C@@H](N)C2)cc2nc(-c3cc4ccc(N(Cc5ccccc5)S(C)(=O)=O)nc4n3CC3CC3)n(C)c12. The van der Waals surface area contributed by atoms with Gasteiger partial charge in [-0.1, -0.05) is 30.3 Å². The molecule has 0 spiro atoms. The smallest absolute Gasteiger partial charge is 0.254 e. The molecule has 46 heavy (non-hydrogen) atoms. The number of carbonyl (C=O) groups is 1. The second-order valence-electron chi connectivity index (χ2n) is 12.6. The number of benzene rings is 2. The van der Waals surface area contributed by atoms with Gasteiger partial charge in [0.2, 0.25) is 10.0 Å². The molecule has 3 aromatic heterocycles. The van der Waals surface area contributed by atoms with Gasteiger partial charge in [-0.25, -0.2) is 22.7 Å². The summed E-state index contributed by atoms with van der Waals surface area (Å²) in [6, 6.07) is 18.9. The van der Waals surface area contributed by atoms with Crippen molar-refractivity contribution in [2.24, 2.45) is 18.7 Å². The minimum atomic E-state index is -3.61. The molecule has 1 saturated heterocycles. The van der Waals surface area contributed by atoms with Crippen molar-refractivity contribution in [3.8, 4) is 17.3 Å². The van der Waals surface area contributed by atoms with E-state index in [1.54, 1.807) is 19.2 Å². The first-order chi connectivity index (χ1) is 22.1. The quantitative estimate of drug-likeness (QED) is 0.250. The lowest BCUT2D eigenvalue weighted by molar-refractivity contribution is 0.0708. The van der Waals surface area contributed by atoms with Gasteiger partial charge in [-0.15, -0.1) is 0 Å². The van der Waals surface area contributed by atoms with E-state index < -0.39 is 10.0 Å². The number of hydrogen-bond acceptors (Lipinski definition) is 7. The molecule has 5 aromatic rings. The van der Waals surface area contributed by atoms with Crippen LogP contribution in [0.3, 0.4) is 0 Å². The third-order valence-corrected chi connectivity index (χ3v) is 10.2. The zero-order chi connectivity index (χ0) is 32.2. The Bertz CT molecular complexity index is 2050. The average molecular weight is 642 g/mol. The number of rotatable bonds is 9. The van der Waals surface area contributed by atoms with Crippen LogP contribution in [0.25, 0.3) is 33.6 Å². The summed E-state index contributed by atoms with van der Waals surface area (Å²) in [6.45, 7) is 2.14. The first-order valence-electron chi connectivity index (χ1n) is 15.7. The summed E-state index contributed by atoms with van der Waals surface area (Å²) in [4.78, 5) is 25.4. The number of piperidine rings is 1. The van der Waals surface area contributed by atoms with Crippen molar-refractivity contribution in [2.75, 3.05) is 30.8 Å². The Morgan fingerprint density at radius 2 is 1.85 bits per heavy atom. The maximum atomic E-state index is 13.5. The fourth-order valence-electron chi connectivity index (χ4n) is 6.50. The van der Waals surface area contributed by atoms with Crippen LogP contribution in [0.1, 0.15) is 41.6 Å². The van der Waals surface area contributed by atoms with Crippen molar-refractivity contribution >= 4 is 43.8 Å². The molecule has 2 aromatic carbocycles. The molecule has 12 heteroatoms. The van der Waals surface area contributed by atoms with Crippen LogP contribution in [0.4, 0.5) is 5.82 Å². The molecule has 2 aliphatic rings. The lowest BCUT2D eigenvalue weighted by Crippen LogP contribution is -2.45. The number of methoxy groups -OCH3 is 1. The lowest BCUT2D eigenvalue weighted by atomic mass is 10.0. The molecule has 1 atom stereocenters. The molecule has 0 unspecified atom stereocenters. The Kier molecular flexibility index (Phi) is 7.72. The summed E-state index contributed by atoms with van der Waals surface area (Å²) in [7, 11) is -0.0665. The number of fused-ring (bicyclic) bond motifs is 2. The van der Waals surface area contributed by atoms with Crippen molar-refractivity contribution in [3.63, 3.8) is 0 Å². The molecule has 1 aliphatic carbocycles. The minimum Gasteiger partial charge on any atom is -0.494 e. The number of likely N-dealkylation sites (tertiary alicyclic amines) is 1. The highest BCUT2D eigenvalue weighted by atomic mass is 32.2. The van der Waals surface area contributed by atoms with Gasteiger partial charge in [0.1, 0.15) is 22.7 Å². The van der Waals surface area contributed by atoms with Crippen LogP contribution >= 0.6 is 0 Å². The van der Waals surface area contributed by atoms with Crippen molar-refractivity contribution in [3.05, 3.63) is 71.8 Å². The number of hydrogen-bond donors (Lipinski definition) is 1. The summed E-state index contributed by atoms with van der Waals surface area (Å²) in [5.41, 5.74) is 10.6. The van der Waals surface area contributed by atoms with Crippen LogP contribution in [-0.4, -0.2) is 70.8 Å². The number of aromatic nitrogens is 4. The maximum absolute atomic E-state index is 13.5. The highest BCUT2D eigenvalue weighted by Gasteiger charge is 2.29. The molecule has 11 nitrogen and oxygen atoms in total. The first-order valence-corrected chi connectivity index (χ1v) is 17.6. The number of carbonyl (C=O) groups excluding carboxylic acids is 1. The predicted molar refractivity (Wildman–Crippen MR) is 179 cm³/mol. The fraction of sp³-hybridized carbons (Fsp3) is 0.382. The van der Waals surface area contributed by atoms with Gasteiger partial charge < -0.3 is 24.5 Å². The van der Waals surface area contributed by atoms with E-state index in [-0.39, 0.29) is 18.5 Å². The lowest BCUT2D eigenvalue weighted by Gasteiger charge is -2.30. The maximum Gasteiger partial charge on any atom is 0.254 e. The van der Waals surface area contributed by atoms with Crippen molar-refractivity contribution in [2.45, 2.75) is 44.8 Å². The van der Waals surface area contributed by atoms with Crippen molar-refractivity contribution in [1.29, 1.82) is 0 Å². The van der Waals surface area contributed by atoms with E-state index in [4.69, 9.17) is 20.4 Å². The standard InChI is InChI=1S/C34H39N7O4S/c1-38-31-27(16-25(18-29(31)45-2)34(42)39-15-7-10-26(35)21-39)36-33(38)28-17-24-13-14-30(37-32(24)40(28)19-23-11-12-23)41(46(3,43)44)20-22-8-5-4-6-9-22/h4-6,8-9,13-14,16-18,23,26H,7,10-12,15,19-21,35H2,1-3H3/t26-/m1/s1. The average Bonchev–Trinajstić information content (AvgIpc) is 3.72. The van der Waals surface area contributed by atoms with Gasteiger partial charge in [-0.3, -0.25) is 4.79 Å². The Balaban J connectivity index is 1.33. The molecule has 240 valence electrons. The molecule has 0 radical (unpaired) electrons. The zero-order valence-electron chi connectivity index (χ0n) is 26.4. The Morgan fingerprint density at radius 1 is 1.07 bits per heavy atom. The van der Waals surface area contributed by atoms with E-state index in [1.807, 2.05) is 59.0 Å². The van der Waals surface area contributed by atoms with E-state index in [2.05, 4.69) is 10.6 Å². The summed E-state index contributed by atoms with van der Waals surface area (Å²) in [5.74, 6) is 2.08. The molecular formula is C34H39N7O4S. The van der Waals surface area contributed by atoms with Gasteiger partial charge in [-0.05, 0) is 67.5 Å². The number of aryl methyl sites for hydroxylation is 1. The van der Waals surface area contributed by atoms with Crippen LogP contribution < -0.4 is 14.8 Å². The van der Waals surface area contributed by atoms with Crippen LogP contribution in [0, 0.1) is 5.92 Å². The van der Waals surface area contributed by atoms with Gasteiger partial charge in [0.05, 0.1) is 31.1 Å². The number of sulfonamides is 1. The Labute approximate surface area is 268 Å². The molecule has 4 heterocycles. The normalized spacial score (nSPS) is 17.1. The molecule has 1 amide bonds. The number of nitrogens with two attached hydrogens (primary N) is 1. The molecule has 7 rings (SSSR count). The highest BCUT2D eigenvalue weighted by molar-refractivity contribution is 7.92. The van der Waals surface area contributed by atoms with Crippen LogP contribution in [-0.2, 0) is 30.2 Å². The largest absolute Gasteiger partial charge is 0.494 e. The number of imidazole rings is 1. The van der Waals surface area contributed by atoms with E-state index in [9.17, 15) is 13.2 Å². The topological polar surface area (TPSA) is 129 Å². The second-order valence-corrected chi connectivity index (χ2v) is 14.5. The minimum absolute atomic E-state index is 0.0184. The molecule has 1 saturated carbocycles. The third kappa shape index (κ3) is 5.71. The number of ether oxygens (including phenoxy) is 1. The van der Waals surface area contributed by atoms with Crippen LogP contribution in [0.15, 0.2) is 60.7 Å². The monoisotopic (exact) mass is 641 g/mol.